The second kappa shape index (κ2) is 6.95. The van der Waals surface area contributed by atoms with Gasteiger partial charge in [-0.15, -0.1) is 0 Å². The zero-order valence-corrected chi connectivity index (χ0v) is 12.6. The summed E-state index contributed by atoms with van der Waals surface area (Å²) >= 11 is 5.91. The number of carbonyl (C=O) groups is 1. The van der Waals surface area contributed by atoms with Gasteiger partial charge in [0.05, 0.1) is 25.0 Å². The number of aryl methyl sites for hydroxylation is 1. The second-order valence-electron chi connectivity index (χ2n) is 4.42. The van der Waals surface area contributed by atoms with Gasteiger partial charge in [0.15, 0.2) is 0 Å². The van der Waals surface area contributed by atoms with Crippen LogP contribution in [0.15, 0.2) is 36.4 Å². The van der Waals surface area contributed by atoms with Gasteiger partial charge in [-0.25, -0.2) is 4.79 Å². The minimum absolute atomic E-state index is 0.344. The average Bonchev–Trinajstić information content (AvgIpc) is 2.45. The molecule has 6 heteroatoms. The van der Waals surface area contributed by atoms with E-state index in [4.69, 9.17) is 16.3 Å². The number of aromatic nitrogens is 1. The van der Waals surface area contributed by atoms with E-state index in [0.29, 0.717) is 23.0 Å². The molecule has 0 saturated heterocycles. The van der Waals surface area contributed by atoms with Gasteiger partial charge in [-0.3, -0.25) is 4.98 Å². The van der Waals surface area contributed by atoms with E-state index in [-0.39, 0.29) is 6.03 Å². The molecule has 1 aromatic carbocycles. The van der Waals surface area contributed by atoms with E-state index in [1.165, 1.54) is 7.11 Å². The lowest BCUT2D eigenvalue weighted by molar-refractivity contribution is 0.251. The second-order valence-corrected chi connectivity index (χ2v) is 4.86. The van der Waals surface area contributed by atoms with Crippen molar-refractivity contribution in [3.8, 4) is 5.75 Å². The molecule has 0 fully saturated rings. The van der Waals surface area contributed by atoms with Crippen LogP contribution in [-0.2, 0) is 6.54 Å². The molecule has 0 unspecified atom stereocenters. The Hall–Kier alpha value is -2.27. The molecular formula is C15H16ClN3O2. The molecule has 2 rings (SSSR count). The summed E-state index contributed by atoms with van der Waals surface area (Å²) in [6, 6.07) is 10.3. The summed E-state index contributed by atoms with van der Waals surface area (Å²) in [6.45, 7) is 2.25. The van der Waals surface area contributed by atoms with E-state index in [0.717, 1.165) is 11.4 Å². The number of nitrogens with one attached hydrogen (secondary N) is 2. The third-order valence-corrected chi connectivity index (χ3v) is 3.02. The minimum atomic E-state index is -0.348. The number of pyridine rings is 1. The molecule has 0 atom stereocenters. The molecule has 110 valence electrons. The van der Waals surface area contributed by atoms with Crippen LogP contribution in [-0.4, -0.2) is 18.1 Å². The van der Waals surface area contributed by atoms with Crippen LogP contribution in [0.4, 0.5) is 10.5 Å². The van der Waals surface area contributed by atoms with Gasteiger partial charge >= 0.3 is 6.03 Å². The molecule has 0 spiro atoms. The topological polar surface area (TPSA) is 63.2 Å². The molecule has 0 aliphatic heterocycles. The molecule has 0 aliphatic rings. The van der Waals surface area contributed by atoms with E-state index in [1.807, 2.05) is 25.1 Å². The van der Waals surface area contributed by atoms with Gasteiger partial charge in [-0.1, -0.05) is 17.7 Å². The van der Waals surface area contributed by atoms with Crippen LogP contribution >= 0.6 is 11.6 Å². The highest BCUT2D eigenvalue weighted by atomic mass is 35.5. The number of nitrogens with zero attached hydrogens (tertiary/aromatic N) is 1. The average molecular weight is 306 g/mol. The smallest absolute Gasteiger partial charge is 0.319 e. The number of hydrogen-bond donors (Lipinski definition) is 2. The number of rotatable bonds is 4. The maximum Gasteiger partial charge on any atom is 0.319 e. The maximum atomic E-state index is 11.9. The molecule has 0 radical (unpaired) electrons. The van der Waals surface area contributed by atoms with Gasteiger partial charge in [-0.05, 0) is 37.3 Å². The van der Waals surface area contributed by atoms with Crippen LogP contribution in [0.3, 0.4) is 0 Å². The Morgan fingerprint density at radius 2 is 2.14 bits per heavy atom. The molecule has 5 nitrogen and oxygen atoms in total. The molecule has 0 saturated carbocycles. The highest BCUT2D eigenvalue weighted by Gasteiger charge is 2.08. The Morgan fingerprint density at radius 1 is 1.33 bits per heavy atom. The van der Waals surface area contributed by atoms with Gasteiger partial charge in [0.2, 0.25) is 0 Å². The highest BCUT2D eigenvalue weighted by Crippen LogP contribution is 2.27. The van der Waals surface area contributed by atoms with E-state index in [1.54, 1.807) is 18.2 Å². The molecular weight excluding hydrogens is 290 g/mol. The Kier molecular flexibility index (Phi) is 5.00. The number of hydrogen-bond acceptors (Lipinski definition) is 3. The molecule has 1 aromatic heterocycles. The lowest BCUT2D eigenvalue weighted by Gasteiger charge is -2.11. The van der Waals surface area contributed by atoms with Crippen molar-refractivity contribution in [1.82, 2.24) is 10.3 Å². The van der Waals surface area contributed by atoms with Gasteiger partial charge in [0.1, 0.15) is 5.75 Å². The summed E-state index contributed by atoms with van der Waals surface area (Å²) in [5.41, 5.74) is 2.22. The summed E-state index contributed by atoms with van der Waals surface area (Å²) in [4.78, 5) is 16.2. The first-order chi connectivity index (χ1) is 10.1. The lowest BCUT2D eigenvalue weighted by Crippen LogP contribution is -2.28. The Labute approximate surface area is 128 Å². The number of urea groups is 1. The fraction of sp³-hybridized carbons (Fsp3) is 0.200. The van der Waals surface area contributed by atoms with Gasteiger partial charge < -0.3 is 15.4 Å². The number of methoxy groups -OCH3 is 1. The number of benzene rings is 1. The van der Waals surface area contributed by atoms with Crippen LogP contribution in [0.5, 0.6) is 5.75 Å². The minimum Gasteiger partial charge on any atom is -0.495 e. The van der Waals surface area contributed by atoms with Crippen LogP contribution in [0.1, 0.15) is 11.4 Å². The molecule has 0 aliphatic carbocycles. The van der Waals surface area contributed by atoms with Crippen molar-refractivity contribution in [1.29, 1.82) is 0 Å². The van der Waals surface area contributed by atoms with Crippen molar-refractivity contribution in [2.45, 2.75) is 13.5 Å². The first kappa shape index (κ1) is 15.1. The van der Waals surface area contributed by atoms with E-state index < -0.39 is 0 Å². The Morgan fingerprint density at radius 3 is 2.86 bits per heavy atom. The normalized spacial score (nSPS) is 10.0. The zero-order valence-electron chi connectivity index (χ0n) is 11.8. The zero-order chi connectivity index (χ0) is 15.2. The van der Waals surface area contributed by atoms with Gasteiger partial charge in [0, 0.05) is 10.7 Å². The predicted molar refractivity (Wildman–Crippen MR) is 82.8 cm³/mol. The molecule has 1 heterocycles. The third-order valence-electron chi connectivity index (χ3n) is 2.79. The van der Waals surface area contributed by atoms with Crippen molar-refractivity contribution in [3.05, 3.63) is 52.8 Å². The number of amides is 2. The lowest BCUT2D eigenvalue weighted by atomic mass is 10.3. The fourth-order valence-electron chi connectivity index (χ4n) is 1.81. The SMILES string of the molecule is COc1ccc(Cl)cc1NC(=O)NCc1cccc(C)n1. The maximum absolute atomic E-state index is 11.9. The highest BCUT2D eigenvalue weighted by molar-refractivity contribution is 6.31. The fourth-order valence-corrected chi connectivity index (χ4v) is 1.99. The molecule has 2 amide bonds. The Balaban J connectivity index is 1.97. The van der Waals surface area contributed by atoms with Crippen molar-refractivity contribution in [3.63, 3.8) is 0 Å². The molecule has 2 N–H and O–H groups in total. The van der Waals surface area contributed by atoms with E-state index >= 15 is 0 Å². The molecule has 0 bridgehead atoms. The third kappa shape index (κ3) is 4.36. The van der Waals surface area contributed by atoms with Crippen LogP contribution in [0, 0.1) is 6.92 Å². The standard InChI is InChI=1S/C15H16ClN3O2/c1-10-4-3-5-12(18-10)9-17-15(20)19-13-8-11(16)6-7-14(13)21-2/h3-8H,9H2,1-2H3,(H2,17,19,20). The summed E-state index contributed by atoms with van der Waals surface area (Å²) in [7, 11) is 1.53. The summed E-state index contributed by atoms with van der Waals surface area (Å²) in [5, 5.41) is 5.95. The monoisotopic (exact) mass is 305 g/mol. The number of halogens is 1. The van der Waals surface area contributed by atoms with Crippen molar-refractivity contribution in [2.24, 2.45) is 0 Å². The predicted octanol–water partition coefficient (Wildman–Crippen LogP) is 3.37. The summed E-state index contributed by atoms with van der Waals surface area (Å²) in [6.07, 6.45) is 0. The first-order valence-corrected chi connectivity index (χ1v) is 6.77. The first-order valence-electron chi connectivity index (χ1n) is 6.39. The van der Waals surface area contributed by atoms with Gasteiger partial charge in [0.25, 0.3) is 0 Å². The van der Waals surface area contributed by atoms with Crippen molar-refractivity contribution >= 4 is 23.3 Å². The number of anilines is 1. The molecule has 21 heavy (non-hydrogen) atoms. The van der Waals surface area contributed by atoms with E-state index in [9.17, 15) is 4.79 Å². The van der Waals surface area contributed by atoms with Crippen molar-refractivity contribution in [2.75, 3.05) is 12.4 Å². The number of ether oxygens (including phenoxy) is 1. The summed E-state index contributed by atoms with van der Waals surface area (Å²) in [5.74, 6) is 0.545. The Bertz CT molecular complexity index is 647. The van der Waals surface area contributed by atoms with Crippen LogP contribution < -0.4 is 15.4 Å². The largest absolute Gasteiger partial charge is 0.495 e. The summed E-state index contributed by atoms with van der Waals surface area (Å²) < 4.78 is 5.17. The van der Waals surface area contributed by atoms with Crippen LogP contribution in [0.25, 0.3) is 0 Å². The number of carbonyl (C=O) groups excluding carboxylic acids is 1. The molecule has 2 aromatic rings. The quantitative estimate of drug-likeness (QED) is 0.910. The van der Waals surface area contributed by atoms with Crippen molar-refractivity contribution < 1.29 is 9.53 Å². The van der Waals surface area contributed by atoms with Crippen LogP contribution in [0.2, 0.25) is 5.02 Å². The van der Waals surface area contributed by atoms with Gasteiger partial charge in [-0.2, -0.15) is 0 Å². The van der Waals surface area contributed by atoms with E-state index in [2.05, 4.69) is 15.6 Å².